The van der Waals surface area contributed by atoms with Gasteiger partial charge in [0.1, 0.15) is 11.4 Å². The normalized spacial score (nSPS) is 22.6. The van der Waals surface area contributed by atoms with Crippen molar-refractivity contribution in [3.8, 4) is 0 Å². The van der Waals surface area contributed by atoms with Crippen molar-refractivity contribution in [1.29, 1.82) is 0 Å². The van der Waals surface area contributed by atoms with Crippen LogP contribution >= 0.6 is 0 Å². The van der Waals surface area contributed by atoms with E-state index in [0.29, 0.717) is 11.7 Å². The molecule has 0 radical (unpaired) electrons. The fourth-order valence-electron chi connectivity index (χ4n) is 2.57. The van der Waals surface area contributed by atoms with Crippen molar-refractivity contribution in [3.63, 3.8) is 0 Å². The number of aliphatic hydroxyl groups is 1. The zero-order valence-corrected chi connectivity index (χ0v) is 12.5. The molecule has 0 saturated heterocycles. The van der Waals surface area contributed by atoms with Crippen molar-refractivity contribution < 1.29 is 14.3 Å². The van der Waals surface area contributed by atoms with Gasteiger partial charge in [-0.25, -0.2) is 4.79 Å². The maximum atomic E-state index is 11.9. The van der Waals surface area contributed by atoms with E-state index in [4.69, 9.17) is 4.42 Å². The third kappa shape index (κ3) is 3.31. The lowest BCUT2D eigenvalue weighted by Crippen LogP contribution is -2.44. The molecule has 3 atom stereocenters. The first-order chi connectivity index (χ1) is 10.6. The maximum Gasteiger partial charge on any atom is 0.315 e. The van der Waals surface area contributed by atoms with Crippen LogP contribution in [-0.2, 0) is 5.60 Å². The summed E-state index contributed by atoms with van der Waals surface area (Å²) in [7, 11) is 0. The Bertz CT molecular complexity index is 623. The average molecular weight is 300 g/mol. The van der Waals surface area contributed by atoms with Crippen molar-refractivity contribution in [2.24, 2.45) is 0 Å². The molecule has 0 aliphatic heterocycles. The third-order valence-corrected chi connectivity index (χ3v) is 3.98. The summed E-state index contributed by atoms with van der Waals surface area (Å²) in [6.07, 6.45) is 2.45. The Balaban J connectivity index is 1.46. The predicted octanol–water partition coefficient (Wildman–Crippen LogP) is 2.34. The highest BCUT2D eigenvalue weighted by Crippen LogP contribution is 2.40. The van der Waals surface area contributed by atoms with Gasteiger partial charge in [-0.3, -0.25) is 0 Å². The number of nitrogens with one attached hydrogen (secondary N) is 2. The Hall–Kier alpha value is -2.27. The molecule has 5 heteroatoms. The minimum absolute atomic E-state index is 0.0923. The Morgan fingerprint density at radius 2 is 2.09 bits per heavy atom. The van der Waals surface area contributed by atoms with Crippen LogP contribution in [0.2, 0.25) is 0 Å². The molecule has 2 amide bonds. The Morgan fingerprint density at radius 3 is 2.77 bits per heavy atom. The fourth-order valence-corrected chi connectivity index (χ4v) is 2.57. The molecule has 5 nitrogen and oxygen atoms in total. The van der Waals surface area contributed by atoms with Crippen LogP contribution in [0.3, 0.4) is 0 Å². The molecule has 3 unspecified atom stereocenters. The van der Waals surface area contributed by atoms with Crippen LogP contribution in [0.1, 0.15) is 30.6 Å². The maximum absolute atomic E-state index is 11.9. The summed E-state index contributed by atoms with van der Waals surface area (Å²) in [5.41, 5.74) is 0.0267. The van der Waals surface area contributed by atoms with E-state index in [0.717, 1.165) is 6.42 Å². The van der Waals surface area contributed by atoms with Gasteiger partial charge < -0.3 is 20.2 Å². The molecule has 1 fully saturated rings. The molecule has 0 bridgehead atoms. The topological polar surface area (TPSA) is 74.5 Å². The quantitative estimate of drug-likeness (QED) is 0.793. The van der Waals surface area contributed by atoms with Crippen LogP contribution < -0.4 is 10.6 Å². The van der Waals surface area contributed by atoms with Crippen molar-refractivity contribution in [2.45, 2.75) is 30.9 Å². The van der Waals surface area contributed by atoms with E-state index in [2.05, 4.69) is 22.8 Å². The molecular weight excluding hydrogens is 280 g/mol. The van der Waals surface area contributed by atoms with Gasteiger partial charge in [-0.1, -0.05) is 30.3 Å². The molecule has 1 aromatic heterocycles. The second-order valence-electron chi connectivity index (χ2n) is 5.94. The van der Waals surface area contributed by atoms with Crippen LogP contribution in [0, 0.1) is 0 Å². The van der Waals surface area contributed by atoms with Gasteiger partial charge in [0.05, 0.1) is 12.8 Å². The molecule has 1 heterocycles. The minimum Gasteiger partial charge on any atom is -0.466 e. The Kier molecular flexibility index (Phi) is 3.90. The van der Waals surface area contributed by atoms with Crippen molar-refractivity contribution in [3.05, 3.63) is 60.1 Å². The average Bonchev–Trinajstić information content (AvgIpc) is 3.04. The second-order valence-corrected chi connectivity index (χ2v) is 5.94. The monoisotopic (exact) mass is 300 g/mol. The van der Waals surface area contributed by atoms with Crippen LogP contribution in [0.15, 0.2) is 53.1 Å². The molecule has 0 spiro atoms. The number of carbonyl (C=O) groups excluding carboxylic acids is 1. The fraction of sp³-hybridized carbons (Fsp3) is 0.353. The largest absolute Gasteiger partial charge is 0.466 e. The van der Waals surface area contributed by atoms with Crippen LogP contribution in [0.25, 0.3) is 0 Å². The number of carbonyl (C=O) groups is 1. The molecule has 1 saturated carbocycles. The standard InChI is InChI=1S/C17H20N2O3/c1-17(21,15-8-5-9-22-15)11-18-16(20)19-14-10-13(14)12-6-3-2-4-7-12/h2-9,13-14,21H,10-11H2,1H3,(H2,18,19,20). The highest BCUT2D eigenvalue weighted by Gasteiger charge is 2.39. The van der Waals surface area contributed by atoms with Gasteiger partial charge in [-0.05, 0) is 31.0 Å². The molecular formula is C17H20N2O3. The molecule has 116 valence electrons. The summed E-state index contributed by atoms with van der Waals surface area (Å²) in [5, 5.41) is 15.9. The first-order valence-corrected chi connectivity index (χ1v) is 7.42. The van der Waals surface area contributed by atoms with Gasteiger partial charge in [-0.15, -0.1) is 0 Å². The van der Waals surface area contributed by atoms with E-state index in [1.165, 1.54) is 11.8 Å². The number of urea groups is 1. The number of amides is 2. The number of rotatable bonds is 5. The van der Waals surface area contributed by atoms with Crippen molar-refractivity contribution in [1.82, 2.24) is 10.6 Å². The second kappa shape index (κ2) is 5.85. The van der Waals surface area contributed by atoms with E-state index < -0.39 is 5.60 Å². The molecule has 1 aromatic carbocycles. The molecule has 3 rings (SSSR count). The molecule has 2 aromatic rings. The SMILES string of the molecule is CC(O)(CNC(=O)NC1CC1c1ccccc1)c1ccco1. The number of hydrogen-bond donors (Lipinski definition) is 3. The van der Waals surface area contributed by atoms with E-state index >= 15 is 0 Å². The van der Waals surface area contributed by atoms with Gasteiger partial charge in [0, 0.05) is 12.0 Å². The van der Waals surface area contributed by atoms with Crippen molar-refractivity contribution >= 4 is 6.03 Å². The molecule has 1 aliphatic carbocycles. The van der Waals surface area contributed by atoms with Crippen LogP contribution in [-0.4, -0.2) is 23.7 Å². The summed E-state index contributed by atoms with van der Waals surface area (Å²) < 4.78 is 5.18. The van der Waals surface area contributed by atoms with Crippen molar-refractivity contribution in [2.75, 3.05) is 6.54 Å². The lowest BCUT2D eigenvalue weighted by molar-refractivity contribution is 0.0367. The summed E-state index contributed by atoms with van der Waals surface area (Å²) in [5.74, 6) is 0.818. The van der Waals surface area contributed by atoms with E-state index in [1.54, 1.807) is 19.1 Å². The van der Waals surface area contributed by atoms with E-state index in [1.807, 2.05) is 18.2 Å². The van der Waals surface area contributed by atoms with E-state index in [9.17, 15) is 9.90 Å². The summed E-state index contributed by atoms with van der Waals surface area (Å²) in [4.78, 5) is 11.9. The first kappa shape index (κ1) is 14.7. The lowest BCUT2D eigenvalue weighted by Gasteiger charge is -2.21. The van der Waals surface area contributed by atoms with Crippen LogP contribution in [0.4, 0.5) is 4.79 Å². The Labute approximate surface area is 129 Å². The van der Waals surface area contributed by atoms with Crippen LogP contribution in [0.5, 0.6) is 0 Å². The molecule has 1 aliphatic rings. The van der Waals surface area contributed by atoms with Gasteiger partial charge in [0.25, 0.3) is 0 Å². The minimum atomic E-state index is -1.22. The third-order valence-electron chi connectivity index (χ3n) is 3.98. The number of hydrogen-bond acceptors (Lipinski definition) is 3. The highest BCUT2D eigenvalue weighted by molar-refractivity contribution is 5.75. The summed E-state index contributed by atoms with van der Waals surface area (Å²) >= 11 is 0. The highest BCUT2D eigenvalue weighted by atomic mass is 16.4. The number of benzene rings is 1. The zero-order valence-electron chi connectivity index (χ0n) is 12.5. The summed E-state index contributed by atoms with van der Waals surface area (Å²) in [6, 6.07) is 13.4. The number of furan rings is 1. The van der Waals surface area contributed by atoms with E-state index in [-0.39, 0.29) is 18.6 Å². The predicted molar refractivity (Wildman–Crippen MR) is 82.4 cm³/mol. The molecule has 22 heavy (non-hydrogen) atoms. The van der Waals surface area contributed by atoms with Gasteiger partial charge in [0.2, 0.25) is 0 Å². The molecule has 3 N–H and O–H groups in total. The smallest absolute Gasteiger partial charge is 0.315 e. The van der Waals surface area contributed by atoms with Gasteiger partial charge >= 0.3 is 6.03 Å². The Morgan fingerprint density at radius 1 is 1.32 bits per heavy atom. The lowest BCUT2D eigenvalue weighted by atomic mass is 10.0. The summed E-state index contributed by atoms with van der Waals surface area (Å²) in [6.45, 7) is 1.70. The van der Waals surface area contributed by atoms with Gasteiger partial charge in [-0.2, -0.15) is 0 Å². The zero-order chi connectivity index (χ0) is 15.6. The first-order valence-electron chi connectivity index (χ1n) is 7.42. The van der Waals surface area contributed by atoms with Gasteiger partial charge in [0.15, 0.2) is 0 Å².